The molecular weight excluding hydrogens is 152 g/mol. The Hall–Kier alpha value is -1.77. The zero-order chi connectivity index (χ0) is 8.65. The van der Waals surface area contributed by atoms with Gasteiger partial charge >= 0.3 is 0 Å². The largest absolute Gasteiger partial charge is 0.381 e. The number of anilines is 1. The van der Waals surface area contributed by atoms with Crippen molar-refractivity contribution >= 4 is 5.82 Å². The van der Waals surface area contributed by atoms with E-state index in [2.05, 4.69) is 9.68 Å². The van der Waals surface area contributed by atoms with Gasteiger partial charge in [0.15, 0.2) is 5.82 Å². The van der Waals surface area contributed by atoms with Crippen molar-refractivity contribution in [2.24, 2.45) is 0 Å². The first-order valence-corrected chi connectivity index (χ1v) is 3.55. The van der Waals surface area contributed by atoms with Gasteiger partial charge in [0, 0.05) is 6.07 Å². The molecule has 12 heavy (non-hydrogen) atoms. The number of hydrogen-bond acceptors (Lipinski definition) is 3. The summed E-state index contributed by atoms with van der Waals surface area (Å²) in [6.45, 7) is 0. The number of nitrogens with two attached hydrogens (primary N) is 1. The van der Waals surface area contributed by atoms with Gasteiger partial charge in [0.25, 0.3) is 0 Å². The highest BCUT2D eigenvalue weighted by molar-refractivity contribution is 5.21. The molecule has 0 aliphatic rings. The Labute approximate surface area is 70.8 Å². The van der Waals surface area contributed by atoms with Crippen LogP contribution in [-0.2, 0) is 0 Å². The molecule has 0 saturated carbocycles. The van der Waals surface area contributed by atoms with Crippen LogP contribution in [0.5, 0.6) is 0 Å². The monoisotopic (exact) mass is 162 g/mol. The van der Waals surface area contributed by atoms with Crippen molar-refractivity contribution in [3.05, 3.63) is 48.7 Å². The first-order chi connectivity index (χ1) is 5.89. The zero-order valence-electron chi connectivity index (χ0n) is 6.55. The van der Waals surface area contributed by atoms with Gasteiger partial charge in [0.1, 0.15) is 6.26 Å². The Balaban J connectivity index is 0.000000120. The number of hydrogen-bond donors (Lipinski definition) is 1. The quantitative estimate of drug-likeness (QED) is 0.644. The fourth-order valence-corrected chi connectivity index (χ4v) is 0.607. The SMILES string of the molecule is Nc1ccon1.c1ccccc1. The molecule has 0 fully saturated rings. The minimum Gasteiger partial charge on any atom is -0.381 e. The topological polar surface area (TPSA) is 52.0 Å². The molecule has 0 atom stereocenters. The van der Waals surface area contributed by atoms with Crippen LogP contribution in [0.3, 0.4) is 0 Å². The summed E-state index contributed by atoms with van der Waals surface area (Å²) in [5, 5.41) is 3.32. The van der Waals surface area contributed by atoms with E-state index in [9.17, 15) is 0 Å². The van der Waals surface area contributed by atoms with Crippen molar-refractivity contribution < 1.29 is 4.52 Å². The van der Waals surface area contributed by atoms with Gasteiger partial charge in [0.05, 0.1) is 0 Å². The summed E-state index contributed by atoms with van der Waals surface area (Å²) in [6, 6.07) is 13.6. The molecule has 1 aromatic carbocycles. The summed E-state index contributed by atoms with van der Waals surface area (Å²) < 4.78 is 4.34. The number of nitrogens with zero attached hydrogens (tertiary/aromatic N) is 1. The van der Waals surface area contributed by atoms with Gasteiger partial charge in [-0.25, -0.2) is 0 Å². The Morgan fingerprint density at radius 2 is 1.50 bits per heavy atom. The Morgan fingerprint density at radius 3 is 1.67 bits per heavy atom. The maximum atomic E-state index is 5.07. The summed E-state index contributed by atoms with van der Waals surface area (Å²) in [6.07, 6.45) is 1.43. The van der Waals surface area contributed by atoms with Gasteiger partial charge in [0.2, 0.25) is 0 Å². The highest BCUT2D eigenvalue weighted by Gasteiger charge is 1.78. The third-order valence-corrected chi connectivity index (χ3v) is 1.12. The van der Waals surface area contributed by atoms with E-state index in [-0.39, 0.29) is 0 Å². The number of benzene rings is 1. The van der Waals surface area contributed by atoms with Crippen LogP contribution >= 0.6 is 0 Å². The fourth-order valence-electron chi connectivity index (χ4n) is 0.607. The number of aromatic nitrogens is 1. The second kappa shape index (κ2) is 4.96. The second-order valence-electron chi connectivity index (χ2n) is 2.08. The zero-order valence-corrected chi connectivity index (χ0v) is 6.55. The number of rotatable bonds is 0. The van der Waals surface area contributed by atoms with Gasteiger partial charge in [-0.2, -0.15) is 0 Å². The summed E-state index contributed by atoms with van der Waals surface area (Å²) in [5.41, 5.74) is 5.07. The number of nitrogen functional groups attached to an aromatic ring is 1. The lowest BCUT2D eigenvalue weighted by Gasteiger charge is -1.69. The molecule has 2 N–H and O–H groups in total. The second-order valence-corrected chi connectivity index (χ2v) is 2.08. The van der Waals surface area contributed by atoms with Crippen molar-refractivity contribution in [1.29, 1.82) is 0 Å². The molecule has 3 heteroatoms. The van der Waals surface area contributed by atoms with Crippen molar-refractivity contribution in [3.8, 4) is 0 Å². The van der Waals surface area contributed by atoms with Crippen molar-refractivity contribution in [2.75, 3.05) is 5.73 Å². The van der Waals surface area contributed by atoms with E-state index in [1.165, 1.54) is 6.26 Å². The molecule has 0 saturated heterocycles. The predicted molar refractivity (Wildman–Crippen MR) is 47.4 cm³/mol. The van der Waals surface area contributed by atoms with E-state index >= 15 is 0 Å². The molecular formula is C9H10N2O. The van der Waals surface area contributed by atoms with Gasteiger partial charge < -0.3 is 10.3 Å². The smallest absolute Gasteiger partial charge is 0.166 e. The maximum Gasteiger partial charge on any atom is 0.166 e. The highest BCUT2D eigenvalue weighted by Crippen LogP contribution is 1.90. The molecule has 2 aromatic rings. The minimum atomic E-state index is 0.426. The van der Waals surface area contributed by atoms with Crippen LogP contribution in [-0.4, -0.2) is 5.16 Å². The van der Waals surface area contributed by atoms with Crippen LogP contribution in [0.25, 0.3) is 0 Å². The molecule has 0 aliphatic carbocycles. The molecule has 1 aromatic heterocycles. The lowest BCUT2D eigenvalue weighted by atomic mass is 10.4. The summed E-state index contributed by atoms with van der Waals surface area (Å²) in [7, 11) is 0. The standard InChI is InChI=1S/C6H6.C3H4N2O/c1-2-4-6-5-3-1;4-3-1-2-6-5-3/h1-6H;1-2H,(H2,4,5). The van der Waals surface area contributed by atoms with E-state index in [4.69, 9.17) is 5.73 Å². The average molecular weight is 162 g/mol. The predicted octanol–water partition coefficient (Wildman–Crippen LogP) is 1.94. The molecule has 0 amide bonds. The minimum absolute atomic E-state index is 0.426. The van der Waals surface area contributed by atoms with Crippen LogP contribution in [0.1, 0.15) is 0 Å². The van der Waals surface area contributed by atoms with Gasteiger partial charge in [-0.05, 0) is 0 Å². The summed E-state index contributed by atoms with van der Waals surface area (Å²) in [5.74, 6) is 0.426. The Morgan fingerprint density at radius 1 is 1.00 bits per heavy atom. The molecule has 2 rings (SSSR count). The molecule has 1 heterocycles. The van der Waals surface area contributed by atoms with Crippen LogP contribution in [0.15, 0.2) is 53.3 Å². The van der Waals surface area contributed by atoms with Crippen molar-refractivity contribution in [3.63, 3.8) is 0 Å². The molecule has 0 radical (unpaired) electrons. The van der Waals surface area contributed by atoms with Gasteiger partial charge in [-0.1, -0.05) is 41.6 Å². The first kappa shape index (κ1) is 8.33. The van der Waals surface area contributed by atoms with Crippen LogP contribution in [0.2, 0.25) is 0 Å². The molecule has 0 unspecified atom stereocenters. The fraction of sp³-hybridized carbons (Fsp3) is 0. The molecule has 0 bridgehead atoms. The molecule has 0 aliphatic heterocycles. The molecule has 0 spiro atoms. The Kier molecular flexibility index (Phi) is 3.44. The Bertz CT molecular complexity index is 252. The van der Waals surface area contributed by atoms with E-state index in [0.29, 0.717) is 5.82 Å². The van der Waals surface area contributed by atoms with Crippen LogP contribution < -0.4 is 5.73 Å². The third kappa shape index (κ3) is 3.41. The van der Waals surface area contributed by atoms with E-state index in [0.717, 1.165) is 0 Å². The summed E-state index contributed by atoms with van der Waals surface area (Å²) in [4.78, 5) is 0. The highest BCUT2D eigenvalue weighted by atomic mass is 16.5. The van der Waals surface area contributed by atoms with Crippen LogP contribution in [0.4, 0.5) is 5.82 Å². The normalized spacial score (nSPS) is 8.33. The first-order valence-electron chi connectivity index (χ1n) is 3.55. The average Bonchev–Trinajstić information content (AvgIpc) is 2.60. The van der Waals surface area contributed by atoms with Gasteiger partial charge in [-0.3, -0.25) is 0 Å². The van der Waals surface area contributed by atoms with Crippen molar-refractivity contribution in [2.45, 2.75) is 0 Å². The van der Waals surface area contributed by atoms with Crippen LogP contribution in [0, 0.1) is 0 Å². The molecule has 62 valence electrons. The lowest BCUT2D eigenvalue weighted by Crippen LogP contribution is -1.79. The van der Waals surface area contributed by atoms with Gasteiger partial charge in [-0.15, -0.1) is 0 Å². The van der Waals surface area contributed by atoms with E-state index in [1.54, 1.807) is 6.07 Å². The van der Waals surface area contributed by atoms with E-state index in [1.807, 2.05) is 36.4 Å². The molecule has 3 nitrogen and oxygen atoms in total. The maximum absolute atomic E-state index is 5.07. The third-order valence-electron chi connectivity index (χ3n) is 1.12. The summed E-state index contributed by atoms with van der Waals surface area (Å²) >= 11 is 0. The van der Waals surface area contributed by atoms with Crippen molar-refractivity contribution in [1.82, 2.24) is 5.16 Å². The lowest BCUT2D eigenvalue weighted by molar-refractivity contribution is 0.423. The van der Waals surface area contributed by atoms with E-state index < -0.39 is 0 Å².